The first-order valence-electron chi connectivity index (χ1n) is 17.1. The number of hydrogen-bond donors (Lipinski definition) is 0. The molecule has 0 aliphatic rings. The SMILES string of the molecule is c1ccc(-c2cc(-c3ccccc3)nc(-c3ccc(-c4cccc5nc(-c6cccc7ccccc67)c6oc7ccccc7c6c45)cc3)n2)cc1. The molecule has 7 aromatic carbocycles. The summed E-state index contributed by atoms with van der Waals surface area (Å²) in [7, 11) is 0. The second kappa shape index (κ2) is 11.9. The van der Waals surface area contributed by atoms with Crippen LogP contribution in [0.1, 0.15) is 0 Å². The Morgan fingerprint density at radius 2 is 0.980 bits per heavy atom. The summed E-state index contributed by atoms with van der Waals surface area (Å²) < 4.78 is 6.68. The first-order valence-corrected chi connectivity index (χ1v) is 17.1. The van der Waals surface area contributed by atoms with E-state index in [1.165, 1.54) is 5.39 Å². The van der Waals surface area contributed by atoms with Gasteiger partial charge in [0.1, 0.15) is 11.3 Å². The number of fused-ring (bicyclic) bond motifs is 6. The Kier molecular flexibility index (Phi) is 6.78. The highest BCUT2D eigenvalue weighted by atomic mass is 16.3. The fourth-order valence-corrected chi connectivity index (χ4v) is 7.27. The molecule has 0 N–H and O–H groups in total. The lowest BCUT2D eigenvalue weighted by molar-refractivity contribution is 0.669. The molecule has 0 saturated carbocycles. The number of para-hydroxylation sites is 1. The number of benzene rings is 7. The van der Waals surface area contributed by atoms with Gasteiger partial charge in [0.2, 0.25) is 0 Å². The number of nitrogens with zero attached hydrogens (tertiary/aromatic N) is 3. The van der Waals surface area contributed by atoms with Gasteiger partial charge in [-0.25, -0.2) is 15.0 Å². The van der Waals surface area contributed by atoms with E-state index in [0.29, 0.717) is 5.82 Å². The first kappa shape index (κ1) is 29.0. The summed E-state index contributed by atoms with van der Waals surface area (Å²) in [5.74, 6) is 0.685. The van der Waals surface area contributed by atoms with Crippen LogP contribution in [0.2, 0.25) is 0 Å². The minimum absolute atomic E-state index is 0.685. The van der Waals surface area contributed by atoms with E-state index in [0.717, 1.165) is 88.7 Å². The van der Waals surface area contributed by atoms with Gasteiger partial charge in [-0.2, -0.15) is 0 Å². The molecule has 238 valence electrons. The molecule has 3 aromatic heterocycles. The Hall–Kier alpha value is -6.91. The summed E-state index contributed by atoms with van der Waals surface area (Å²) in [6.45, 7) is 0. The largest absolute Gasteiger partial charge is 0.454 e. The lowest BCUT2D eigenvalue weighted by Crippen LogP contribution is -1.96. The van der Waals surface area contributed by atoms with Gasteiger partial charge in [-0.05, 0) is 40.1 Å². The third-order valence-corrected chi connectivity index (χ3v) is 9.70. The highest BCUT2D eigenvalue weighted by Gasteiger charge is 2.21. The molecule has 0 saturated heterocycles. The molecule has 0 radical (unpaired) electrons. The molecule has 3 heterocycles. The van der Waals surface area contributed by atoms with E-state index in [1.54, 1.807) is 0 Å². The summed E-state index contributed by atoms with van der Waals surface area (Å²) in [6.07, 6.45) is 0. The summed E-state index contributed by atoms with van der Waals surface area (Å²) in [6, 6.07) is 60.7. The van der Waals surface area contributed by atoms with Gasteiger partial charge in [0, 0.05) is 38.4 Å². The lowest BCUT2D eigenvalue weighted by atomic mass is 9.94. The van der Waals surface area contributed by atoms with Crippen LogP contribution in [0.25, 0.3) is 99.9 Å². The third-order valence-electron chi connectivity index (χ3n) is 9.70. The molecule has 0 spiro atoms. The minimum atomic E-state index is 0.685. The van der Waals surface area contributed by atoms with Gasteiger partial charge in [-0.1, -0.05) is 158 Å². The van der Waals surface area contributed by atoms with Crippen molar-refractivity contribution in [2.24, 2.45) is 0 Å². The molecule has 4 nitrogen and oxygen atoms in total. The Balaban J connectivity index is 1.15. The average Bonchev–Trinajstić information content (AvgIpc) is 3.61. The van der Waals surface area contributed by atoms with Crippen molar-refractivity contribution in [1.29, 1.82) is 0 Å². The Morgan fingerprint density at radius 3 is 1.73 bits per heavy atom. The second-order valence-electron chi connectivity index (χ2n) is 12.8. The van der Waals surface area contributed by atoms with Gasteiger partial charge in [0.05, 0.1) is 16.9 Å². The van der Waals surface area contributed by atoms with Crippen LogP contribution in [-0.2, 0) is 0 Å². The molecule has 0 bridgehead atoms. The van der Waals surface area contributed by atoms with Crippen molar-refractivity contribution in [3.8, 4) is 56.3 Å². The first-order chi connectivity index (χ1) is 25.3. The summed E-state index contributed by atoms with van der Waals surface area (Å²) in [5.41, 5.74) is 11.5. The van der Waals surface area contributed by atoms with Crippen molar-refractivity contribution < 1.29 is 4.42 Å². The smallest absolute Gasteiger partial charge is 0.162 e. The van der Waals surface area contributed by atoms with Crippen LogP contribution in [-0.4, -0.2) is 15.0 Å². The molecule has 0 fully saturated rings. The van der Waals surface area contributed by atoms with Crippen molar-refractivity contribution in [1.82, 2.24) is 15.0 Å². The predicted octanol–water partition coefficient (Wildman–Crippen LogP) is 12.4. The van der Waals surface area contributed by atoms with E-state index in [-0.39, 0.29) is 0 Å². The van der Waals surface area contributed by atoms with Crippen LogP contribution in [0.15, 0.2) is 180 Å². The Labute approximate surface area is 294 Å². The minimum Gasteiger partial charge on any atom is -0.454 e. The monoisotopic (exact) mass is 651 g/mol. The third kappa shape index (κ3) is 4.96. The number of hydrogen-bond acceptors (Lipinski definition) is 4. The highest BCUT2D eigenvalue weighted by molar-refractivity contribution is 6.25. The van der Waals surface area contributed by atoms with Gasteiger partial charge in [-0.15, -0.1) is 0 Å². The Morgan fingerprint density at radius 1 is 0.392 bits per heavy atom. The Bertz CT molecular complexity index is 2830. The van der Waals surface area contributed by atoms with Crippen molar-refractivity contribution in [2.75, 3.05) is 0 Å². The average molecular weight is 652 g/mol. The molecule has 0 unspecified atom stereocenters. The zero-order valence-electron chi connectivity index (χ0n) is 27.5. The second-order valence-corrected chi connectivity index (χ2v) is 12.8. The van der Waals surface area contributed by atoms with Crippen molar-refractivity contribution >= 4 is 43.6 Å². The molecule has 10 aromatic rings. The van der Waals surface area contributed by atoms with Crippen molar-refractivity contribution in [3.63, 3.8) is 0 Å². The summed E-state index contributed by atoms with van der Waals surface area (Å²) >= 11 is 0. The molecule has 4 heteroatoms. The van der Waals surface area contributed by atoms with E-state index in [1.807, 2.05) is 48.5 Å². The normalized spacial score (nSPS) is 11.5. The van der Waals surface area contributed by atoms with Crippen LogP contribution < -0.4 is 0 Å². The zero-order chi connectivity index (χ0) is 33.7. The van der Waals surface area contributed by atoms with Gasteiger partial charge in [0.25, 0.3) is 0 Å². The van der Waals surface area contributed by atoms with Gasteiger partial charge >= 0.3 is 0 Å². The summed E-state index contributed by atoms with van der Waals surface area (Å²) in [4.78, 5) is 15.4. The van der Waals surface area contributed by atoms with Crippen molar-refractivity contribution in [3.05, 3.63) is 176 Å². The fourth-order valence-electron chi connectivity index (χ4n) is 7.27. The van der Waals surface area contributed by atoms with Gasteiger partial charge in [-0.3, -0.25) is 0 Å². The maximum atomic E-state index is 6.68. The van der Waals surface area contributed by atoms with Crippen LogP contribution in [0.4, 0.5) is 0 Å². The fraction of sp³-hybridized carbons (Fsp3) is 0. The van der Waals surface area contributed by atoms with E-state index in [4.69, 9.17) is 19.4 Å². The van der Waals surface area contributed by atoms with E-state index >= 15 is 0 Å². The van der Waals surface area contributed by atoms with Crippen molar-refractivity contribution in [2.45, 2.75) is 0 Å². The predicted molar refractivity (Wildman–Crippen MR) is 209 cm³/mol. The number of rotatable bonds is 5. The molecule has 51 heavy (non-hydrogen) atoms. The molecular weight excluding hydrogens is 623 g/mol. The van der Waals surface area contributed by atoms with Gasteiger partial charge < -0.3 is 4.42 Å². The number of pyridine rings is 1. The van der Waals surface area contributed by atoms with E-state index < -0.39 is 0 Å². The summed E-state index contributed by atoms with van der Waals surface area (Å²) in [5, 5.41) is 5.54. The number of furan rings is 1. The van der Waals surface area contributed by atoms with Crippen LogP contribution in [0, 0.1) is 0 Å². The topological polar surface area (TPSA) is 51.8 Å². The zero-order valence-corrected chi connectivity index (χ0v) is 27.5. The molecule has 0 atom stereocenters. The highest BCUT2D eigenvalue weighted by Crippen LogP contribution is 2.44. The molecular formula is C47H29N3O. The molecule has 0 amide bonds. The van der Waals surface area contributed by atoms with Crippen LogP contribution in [0.5, 0.6) is 0 Å². The van der Waals surface area contributed by atoms with Gasteiger partial charge in [0.15, 0.2) is 11.4 Å². The standard InChI is InChI=1S/C47H29N3O/c1-3-14-32(15-4-1)40-29-41(33-16-5-2-6-17-33)50-47(49-40)34-27-25-31(26-28-34)36-21-12-23-39-43(36)44-38-20-9-10-24-42(38)51-46(44)45(48-39)37-22-11-18-30-13-7-8-19-35(30)37/h1-29H. The molecule has 10 rings (SSSR count). The quantitative estimate of drug-likeness (QED) is 0.186. The maximum Gasteiger partial charge on any atom is 0.162 e. The molecule has 0 aliphatic carbocycles. The van der Waals surface area contributed by atoms with E-state index in [2.05, 4.69) is 127 Å². The lowest BCUT2D eigenvalue weighted by Gasteiger charge is -2.13. The van der Waals surface area contributed by atoms with Crippen LogP contribution >= 0.6 is 0 Å². The van der Waals surface area contributed by atoms with E-state index in [9.17, 15) is 0 Å². The van der Waals surface area contributed by atoms with Crippen LogP contribution in [0.3, 0.4) is 0 Å². The maximum absolute atomic E-state index is 6.68. The molecule has 0 aliphatic heterocycles. The number of aromatic nitrogens is 3.